The van der Waals surface area contributed by atoms with Crippen molar-refractivity contribution in [3.05, 3.63) is 71.4 Å². The summed E-state index contributed by atoms with van der Waals surface area (Å²) in [6, 6.07) is 17.2. The lowest BCUT2D eigenvalue weighted by atomic mass is 9.92. The number of nitrogens with zero attached hydrogens (tertiary/aromatic N) is 3. The second-order valence-electron chi connectivity index (χ2n) is 9.41. The molecule has 0 fully saturated rings. The van der Waals surface area contributed by atoms with Crippen molar-refractivity contribution < 1.29 is 9.59 Å². The molecule has 180 valence electrons. The van der Waals surface area contributed by atoms with Gasteiger partial charge in [0.1, 0.15) is 12.4 Å². The summed E-state index contributed by atoms with van der Waals surface area (Å²) in [6.45, 7) is 12.5. The van der Waals surface area contributed by atoms with Gasteiger partial charge in [-0.3, -0.25) is 4.79 Å². The Labute approximate surface area is 202 Å². The van der Waals surface area contributed by atoms with E-state index in [2.05, 4.69) is 38.3 Å². The lowest BCUT2D eigenvalue weighted by Gasteiger charge is -2.21. The molecule has 0 radical (unpaired) electrons. The van der Waals surface area contributed by atoms with Crippen molar-refractivity contribution in [2.24, 2.45) is 0 Å². The van der Waals surface area contributed by atoms with Crippen LogP contribution in [0.1, 0.15) is 51.4 Å². The lowest BCUT2D eigenvalue weighted by Crippen LogP contribution is -2.40. The number of hydrogen-bond acceptors (Lipinski definition) is 3. The first-order valence-corrected chi connectivity index (χ1v) is 11.7. The van der Waals surface area contributed by atoms with E-state index in [0.29, 0.717) is 18.1 Å². The Kier molecular flexibility index (Phi) is 7.76. The molecule has 7 nitrogen and oxygen atoms in total. The normalized spacial score (nSPS) is 11.2. The van der Waals surface area contributed by atoms with Crippen LogP contribution in [0.3, 0.4) is 0 Å². The van der Waals surface area contributed by atoms with Crippen molar-refractivity contribution in [3.63, 3.8) is 0 Å². The van der Waals surface area contributed by atoms with E-state index >= 15 is 0 Å². The summed E-state index contributed by atoms with van der Waals surface area (Å²) in [5, 5.41) is 10.6. The van der Waals surface area contributed by atoms with Gasteiger partial charge in [-0.25, -0.2) is 9.48 Å². The van der Waals surface area contributed by atoms with Gasteiger partial charge in [0.25, 0.3) is 0 Å². The number of nitrogens with one attached hydrogen (secondary N) is 2. The number of likely N-dealkylation sites (N-methyl/N-ethyl adjacent to an activating group) is 1. The Balaban J connectivity index is 1.76. The molecule has 7 heteroatoms. The third-order valence-corrected chi connectivity index (χ3v) is 5.71. The number of rotatable bonds is 7. The van der Waals surface area contributed by atoms with Crippen molar-refractivity contribution >= 4 is 23.4 Å². The fourth-order valence-corrected chi connectivity index (χ4v) is 3.53. The Hall–Kier alpha value is -3.61. The van der Waals surface area contributed by atoms with Crippen molar-refractivity contribution in [1.82, 2.24) is 14.7 Å². The molecule has 3 amide bonds. The quantitative estimate of drug-likeness (QED) is 0.485. The molecule has 0 saturated heterocycles. The molecule has 0 aliphatic carbocycles. The van der Waals surface area contributed by atoms with Crippen LogP contribution in [-0.2, 0) is 16.6 Å². The van der Waals surface area contributed by atoms with Gasteiger partial charge < -0.3 is 15.5 Å². The number of carbonyl (C=O) groups excluding carboxylic acids is 2. The third-order valence-electron chi connectivity index (χ3n) is 5.71. The number of carbonyl (C=O) groups is 2. The average molecular weight is 462 g/mol. The second kappa shape index (κ2) is 10.5. The molecular weight excluding hydrogens is 426 g/mol. The fourth-order valence-electron chi connectivity index (χ4n) is 3.53. The summed E-state index contributed by atoms with van der Waals surface area (Å²) in [6.07, 6.45) is 0.936. The summed E-state index contributed by atoms with van der Waals surface area (Å²) in [5.41, 5.74) is 4.53. The predicted molar refractivity (Wildman–Crippen MR) is 138 cm³/mol. The van der Waals surface area contributed by atoms with Gasteiger partial charge in [0.05, 0.1) is 11.4 Å². The molecule has 34 heavy (non-hydrogen) atoms. The Morgan fingerprint density at radius 1 is 1.00 bits per heavy atom. The fraction of sp³-hybridized carbons (Fsp3) is 0.370. The average Bonchev–Trinajstić information content (AvgIpc) is 3.22. The van der Waals surface area contributed by atoms with Crippen LogP contribution >= 0.6 is 0 Å². The second-order valence-corrected chi connectivity index (χ2v) is 9.41. The van der Waals surface area contributed by atoms with E-state index in [0.717, 1.165) is 23.4 Å². The molecule has 1 heterocycles. The zero-order valence-electron chi connectivity index (χ0n) is 21.0. The molecule has 0 atom stereocenters. The Bertz CT molecular complexity index is 1140. The van der Waals surface area contributed by atoms with Crippen molar-refractivity contribution in [2.75, 3.05) is 23.7 Å². The minimum Gasteiger partial charge on any atom is -0.315 e. The number of aryl methyl sites for hydroxylation is 2. The van der Waals surface area contributed by atoms with E-state index in [4.69, 9.17) is 5.10 Å². The highest BCUT2D eigenvalue weighted by atomic mass is 16.2. The summed E-state index contributed by atoms with van der Waals surface area (Å²) in [4.78, 5) is 27.2. The smallest absolute Gasteiger partial charge is 0.315 e. The van der Waals surface area contributed by atoms with Crippen molar-refractivity contribution in [2.45, 2.75) is 53.4 Å². The van der Waals surface area contributed by atoms with E-state index in [1.54, 1.807) is 4.68 Å². The highest BCUT2D eigenvalue weighted by molar-refractivity contribution is 5.96. The monoisotopic (exact) mass is 461 g/mol. The van der Waals surface area contributed by atoms with Crippen LogP contribution < -0.4 is 10.6 Å². The molecular formula is C27H35N5O2. The maximum Gasteiger partial charge on any atom is 0.322 e. The standard InChI is InChI=1S/C27H35N5O2/c1-7-20-13-15-21(16-14-20)28-26(34)31(8-2)18-25(33)29-24-17-23(27(4,5)6)30-32(24)22-12-10-9-11-19(22)3/h9-17H,7-8,18H2,1-6H3,(H,28,34)(H,29,33). The Morgan fingerprint density at radius 2 is 1.68 bits per heavy atom. The molecule has 0 bridgehead atoms. The van der Waals surface area contributed by atoms with Gasteiger partial charge in [-0.1, -0.05) is 58.0 Å². The summed E-state index contributed by atoms with van der Waals surface area (Å²) in [5.74, 6) is 0.296. The van der Waals surface area contributed by atoms with Crippen LogP contribution in [0.15, 0.2) is 54.6 Å². The molecule has 2 N–H and O–H groups in total. The minimum atomic E-state index is -0.315. The zero-order valence-corrected chi connectivity index (χ0v) is 21.0. The molecule has 3 aromatic rings. The third kappa shape index (κ3) is 6.04. The van der Waals surface area contributed by atoms with Gasteiger partial charge in [0, 0.05) is 23.7 Å². The van der Waals surface area contributed by atoms with E-state index in [1.807, 2.05) is 68.4 Å². The Morgan fingerprint density at radius 3 is 2.26 bits per heavy atom. The number of anilines is 2. The van der Waals surface area contributed by atoms with E-state index in [9.17, 15) is 9.59 Å². The van der Waals surface area contributed by atoms with Crippen molar-refractivity contribution in [1.29, 1.82) is 0 Å². The molecule has 0 aliphatic heterocycles. The number of para-hydroxylation sites is 1. The highest BCUT2D eigenvalue weighted by Gasteiger charge is 2.23. The maximum absolute atomic E-state index is 13.0. The van der Waals surface area contributed by atoms with E-state index in [-0.39, 0.29) is 23.9 Å². The SMILES string of the molecule is CCc1ccc(NC(=O)N(CC)CC(=O)Nc2cc(C(C)(C)C)nn2-c2ccccc2C)cc1. The van der Waals surface area contributed by atoms with Crippen LogP contribution in [0, 0.1) is 6.92 Å². The molecule has 2 aromatic carbocycles. The molecule has 0 unspecified atom stereocenters. The van der Waals surface area contributed by atoms with Crippen LogP contribution in [0.5, 0.6) is 0 Å². The number of benzene rings is 2. The first-order valence-electron chi connectivity index (χ1n) is 11.7. The van der Waals surface area contributed by atoms with Crippen LogP contribution in [0.4, 0.5) is 16.3 Å². The van der Waals surface area contributed by atoms with Gasteiger partial charge >= 0.3 is 6.03 Å². The molecule has 1 aromatic heterocycles. The van der Waals surface area contributed by atoms with E-state index < -0.39 is 0 Å². The minimum absolute atomic E-state index is 0.0703. The first-order chi connectivity index (χ1) is 16.1. The maximum atomic E-state index is 13.0. The summed E-state index contributed by atoms with van der Waals surface area (Å²) in [7, 11) is 0. The van der Waals surface area contributed by atoms with Crippen LogP contribution in [0.25, 0.3) is 5.69 Å². The largest absolute Gasteiger partial charge is 0.322 e. The van der Waals surface area contributed by atoms with Crippen LogP contribution in [0.2, 0.25) is 0 Å². The molecule has 0 saturated carbocycles. The highest BCUT2D eigenvalue weighted by Crippen LogP contribution is 2.27. The summed E-state index contributed by atoms with van der Waals surface area (Å²) < 4.78 is 1.76. The van der Waals surface area contributed by atoms with E-state index in [1.165, 1.54) is 10.5 Å². The predicted octanol–water partition coefficient (Wildman–Crippen LogP) is 5.53. The van der Waals surface area contributed by atoms with Gasteiger partial charge in [0.15, 0.2) is 0 Å². The number of aromatic nitrogens is 2. The first kappa shape index (κ1) is 25.0. The number of hydrogen-bond donors (Lipinski definition) is 2. The van der Waals surface area contributed by atoms with Gasteiger partial charge in [0.2, 0.25) is 5.91 Å². The van der Waals surface area contributed by atoms with Gasteiger partial charge in [-0.15, -0.1) is 0 Å². The number of urea groups is 1. The molecule has 3 rings (SSSR count). The van der Waals surface area contributed by atoms with Gasteiger partial charge in [-0.2, -0.15) is 5.10 Å². The van der Waals surface area contributed by atoms with Gasteiger partial charge in [-0.05, 0) is 49.6 Å². The summed E-state index contributed by atoms with van der Waals surface area (Å²) >= 11 is 0. The lowest BCUT2D eigenvalue weighted by molar-refractivity contribution is -0.116. The van der Waals surface area contributed by atoms with Crippen LogP contribution in [-0.4, -0.2) is 39.7 Å². The molecule has 0 spiro atoms. The molecule has 0 aliphatic rings. The van der Waals surface area contributed by atoms with Crippen molar-refractivity contribution in [3.8, 4) is 5.69 Å². The topological polar surface area (TPSA) is 79.3 Å². The number of amides is 3. The zero-order chi connectivity index (χ0) is 24.9.